The van der Waals surface area contributed by atoms with Crippen LogP contribution in [0.1, 0.15) is 22.4 Å². The highest BCUT2D eigenvalue weighted by atomic mass is 32.1. The van der Waals surface area contributed by atoms with Gasteiger partial charge in [-0.1, -0.05) is 0 Å². The van der Waals surface area contributed by atoms with E-state index < -0.39 is 5.97 Å². The summed E-state index contributed by atoms with van der Waals surface area (Å²) in [6.45, 7) is 3.15. The number of carboxylic acid groups (broad SMARTS) is 1. The maximum atomic E-state index is 10.9. The Morgan fingerprint density at radius 2 is 2.29 bits per heavy atom. The van der Waals surface area contributed by atoms with E-state index in [1.165, 1.54) is 0 Å². The van der Waals surface area contributed by atoms with Gasteiger partial charge < -0.3 is 14.4 Å². The third-order valence-electron chi connectivity index (χ3n) is 3.12. The molecule has 1 N–H and O–H groups in total. The highest BCUT2D eigenvalue weighted by molar-refractivity contribution is 7.11. The first-order valence-electron chi connectivity index (χ1n) is 6.56. The number of rotatable bonds is 5. The molecule has 3 rings (SSSR count). The summed E-state index contributed by atoms with van der Waals surface area (Å²) in [6.07, 6.45) is 1.97. The molecule has 0 aliphatic rings. The number of fused-ring (bicyclic) bond motifs is 1. The van der Waals surface area contributed by atoms with Crippen LogP contribution in [0.25, 0.3) is 10.9 Å². The predicted molar refractivity (Wildman–Crippen MR) is 81.3 cm³/mol. The summed E-state index contributed by atoms with van der Waals surface area (Å²) in [5, 5.41) is 11.9. The Labute approximate surface area is 125 Å². The third-order valence-corrected chi connectivity index (χ3v) is 4.00. The van der Waals surface area contributed by atoms with Crippen LogP contribution in [0.2, 0.25) is 0 Å². The quantitative estimate of drug-likeness (QED) is 0.786. The van der Waals surface area contributed by atoms with Crippen LogP contribution in [0.5, 0.6) is 5.75 Å². The topological polar surface area (TPSA) is 64.3 Å². The second-order valence-corrected chi connectivity index (χ2v) is 5.40. The first kappa shape index (κ1) is 13.6. The van der Waals surface area contributed by atoms with Gasteiger partial charge in [-0.15, -0.1) is 11.3 Å². The summed E-state index contributed by atoms with van der Waals surface area (Å²) in [7, 11) is 0. The fourth-order valence-electron chi connectivity index (χ4n) is 2.22. The largest absolute Gasteiger partial charge is 0.494 e. The van der Waals surface area contributed by atoms with Crippen LogP contribution in [0.15, 0.2) is 35.8 Å². The second-order valence-electron chi connectivity index (χ2n) is 4.55. The van der Waals surface area contributed by atoms with E-state index in [4.69, 9.17) is 9.84 Å². The van der Waals surface area contributed by atoms with Gasteiger partial charge in [0.15, 0.2) is 0 Å². The molecule has 0 atom stereocenters. The van der Waals surface area contributed by atoms with Crippen molar-refractivity contribution >= 4 is 28.2 Å². The Balaban J connectivity index is 1.88. The number of benzene rings is 1. The molecule has 0 aliphatic carbocycles. The smallest absolute Gasteiger partial charge is 0.365 e. The number of carboxylic acids is 1. The third kappa shape index (κ3) is 2.75. The van der Waals surface area contributed by atoms with Gasteiger partial charge in [-0.2, -0.15) is 0 Å². The minimum Gasteiger partial charge on any atom is -0.494 e. The minimum absolute atomic E-state index is 0.125. The lowest BCUT2D eigenvalue weighted by Crippen LogP contribution is -2.00. The van der Waals surface area contributed by atoms with Crippen LogP contribution in [-0.2, 0) is 6.54 Å². The molecule has 0 bridgehead atoms. The SMILES string of the molecule is CCOc1ccc2c(ccn2Cc2csc(C(=O)O)n2)c1. The molecule has 0 fully saturated rings. The zero-order chi connectivity index (χ0) is 14.8. The van der Waals surface area contributed by atoms with Gasteiger partial charge in [0.1, 0.15) is 5.75 Å². The molecular formula is C15H14N2O3S. The van der Waals surface area contributed by atoms with Gasteiger partial charge in [0.2, 0.25) is 5.01 Å². The summed E-state index contributed by atoms with van der Waals surface area (Å²) in [5.41, 5.74) is 1.83. The fraction of sp³-hybridized carbons (Fsp3) is 0.200. The fourth-order valence-corrected chi connectivity index (χ4v) is 2.87. The molecule has 6 heteroatoms. The summed E-state index contributed by atoms with van der Waals surface area (Å²) in [6, 6.07) is 7.96. The van der Waals surface area contributed by atoms with Crippen molar-refractivity contribution < 1.29 is 14.6 Å². The monoisotopic (exact) mass is 302 g/mol. The normalized spacial score (nSPS) is 10.9. The molecule has 0 amide bonds. The standard InChI is InChI=1S/C15H14N2O3S/c1-2-20-12-3-4-13-10(7-12)5-6-17(13)8-11-9-21-14(16-11)15(18)19/h3-7,9H,2,8H2,1H3,(H,18,19). The van der Waals surface area contributed by atoms with E-state index in [9.17, 15) is 4.79 Å². The van der Waals surface area contributed by atoms with Crippen molar-refractivity contribution in [1.29, 1.82) is 0 Å². The Hall–Kier alpha value is -2.34. The van der Waals surface area contributed by atoms with Crippen molar-refractivity contribution in [2.75, 3.05) is 6.61 Å². The van der Waals surface area contributed by atoms with E-state index in [-0.39, 0.29) is 5.01 Å². The Morgan fingerprint density at radius 1 is 1.43 bits per heavy atom. The van der Waals surface area contributed by atoms with E-state index in [2.05, 4.69) is 4.98 Å². The van der Waals surface area contributed by atoms with Crippen molar-refractivity contribution in [2.24, 2.45) is 0 Å². The molecular weight excluding hydrogens is 288 g/mol. The lowest BCUT2D eigenvalue weighted by atomic mass is 10.2. The van der Waals surface area contributed by atoms with Crippen LogP contribution in [0, 0.1) is 0 Å². The highest BCUT2D eigenvalue weighted by Gasteiger charge is 2.10. The maximum Gasteiger partial charge on any atom is 0.365 e. The van der Waals surface area contributed by atoms with Crippen LogP contribution in [-0.4, -0.2) is 27.2 Å². The van der Waals surface area contributed by atoms with Gasteiger partial charge in [0.25, 0.3) is 0 Å². The molecule has 1 aromatic carbocycles. The van der Waals surface area contributed by atoms with E-state index >= 15 is 0 Å². The Bertz CT molecular complexity index is 791. The van der Waals surface area contributed by atoms with Gasteiger partial charge >= 0.3 is 5.97 Å². The summed E-state index contributed by atoms with van der Waals surface area (Å²) < 4.78 is 7.53. The number of aromatic nitrogens is 2. The van der Waals surface area contributed by atoms with Gasteiger partial charge in [-0.25, -0.2) is 9.78 Å². The van der Waals surface area contributed by atoms with E-state index in [1.54, 1.807) is 5.38 Å². The van der Waals surface area contributed by atoms with E-state index in [0.717, 1.165) is 33.7 Å². The Kier molecular flexibility index (Phi) is 3.62. The number of hydrogen-bond donors (Lipinski definition) is 1. The van der Waals surface area contributed by atoms with Crippen molar-refractivity contribution in [3.8, 4) is 5.75 Å². The zero-order valence-electron chi connectivity index (χ0n) is 11.4. The molecule has 0 spiro atoms. The summed E-state index contributed by atoms with van der Waals surface area (Å²) in [5.74, 6) is -0.130. The van der Waals surface area contributed by atoms with Gasteiger partial charge in [0.05, 0.1) is 18.8 Å². The molecule has 0 saturated carbocycles. The summed E-state index contributed by atoms with van der Waals surface area (Å²) in [4.78, 5) is 15.0. The van der Waals surface area contributed by atoms with E-state index in [1.807, 2.05) is 42.0 Å². The number of nitrogens with zero attached hydrogens (tertiary/aromatic N) is 2. The van der Waals surface area contributed by atoms with Crippen LogP contribution in [0.3, 0.4) is 0 Å². The van der Waals surface area contributed by atoms with Crippen LogP contribution < -0.4 is 4.74 Å². The molecule has 5 nitrogen and oxygen atoms in total. The molecule has 0 aliphatic heterocycles. The molecule has 21 heavy (non-hydrogen) atoms. The first-order valence-corrected chi connectivity index (χ1v) is 7.44. The van der Waals surface area contributed by atoms with Gasteiger partial charge in [0, 0.05) is 22.5 Å². The predicted octanol–water partition coefficient (Wildman–Crippen LogP) is 3.24. The molecule has 2 aromatic heterocycles. The number of carbonyl (C=O) groups is 1. The first-order chi connectivity index (χ1) is 10.2. The molecule has 0 unspecified atom stereocenters. The average molecular weight is 302 g/mol. The maximum absolute atomic E-state index is 10.9. The molecule has 0 radical (unpaired) electrons. The Morgan fingerprint density at radius 3 is 3.00 bits per heavy atom. The average Bonchev–Trinajstić information content (AvgIpc) is 3.07. The molecule has 2 heterocycles. The van der Waals surface area contributed by atoms with Gasteiger partial charge in [-0.05, 0) is 31.2 Å². The molecule has 0 saturated heterocycles. The number of hydrogen-bond acceptors (Lipinski definition) is 4. The van der Waals surface area contributed by atoms with Crippen molar-refractivity contribution in [3.63, 3.8) is 0 Å². The zero-order valence-corrected chi connectivity index (χ0v) is 12.3. The van der Waals surface area contributed by atoms with Crippen molar-refractivity contribution in [2.45, 2.75) is 13.5 Å². The lowest BCUT2D eigenvalue weighted by Gasteiger charge is -2.05. The van der Waals surface area contributed by atoms with Crippen molar-refractivity contribution in [3.05, 3.63) is 46.5 Å². The number of thiazole rings is 1. The lowest BCUT2D eigenvalue weighted by molar-refractivity contribution is 0.0696. The van der Waals surface area contributed by atoms with Crippen molar-refractivity contribution in [1.82, 2.24) is 9.55 Å². The molecule has 108 valence electrons. The highest BCUT2D eigenvalue weighted by Crippen LogP contribution is 2.23. The molecule has 3 aromatic rings. The van der Waals surface area contributed by atoms with Crippen LogP contribution >= 0.6 is 11.3 Å². The minimum atomic E-state index is -0.982. The van der Waals surface area contributed by atoms with Gasteiger partial charge in [-0.3, -0.25) is 0 Å². The number of ether oxygens (including phenoxy) is 1. The second kappa shape index (κ2) is 5.57. The van der Waals surface area contributed by atoms with Crippen LogP contribution in [0.4, 0.5) is 0 Å². The van der Waals surface area contributed by atoms with E-state index in [0.29, 0.717) is 13.2 Å². The summed E-state index contributed by atoms with van der Waals surface area (Å²) >= 11 is 1.15. The number of aromatic carboxylic acids is 1.